The van der Waals surface area contributed by atoms with Gasteiger partial charge in [-0.15, -0.1) is 0 Å². The molecule has 84 valence electrons. The quantitative estimate of drug-likeness (QED) is 0.726. The molecule has 0 bridgehead atoms. The SMILES string of the molecule is CC(=O)c1ccccc1N(C)CC(C)C#N. The van der Waals surface area contributed by atoms with E-state index in [1.165, 1.54) is 0 Å². The molecule has 0 saturated heterocycles. The maximum atomic E-state index is 11.4. The molecule has 0 spiro atoms. The summed E-state index contributed by atoms with van der Waals surface area (Å²) < 4.78 is 0. The third-order valence-electron chi connectivity index (χ3n) is 2.46. The van der Waals surface area contributed by atoms with E-state index < -0.39 is 0 Å². The molecule has 3 nitrogen and oxygen atoms in total. The number of nitriles is 1. The number of hydrogen-bond donors (Lipinski definition) is 0. The fraction of sp³-hybridized carbons (Fsp3) is 0.385. The number of carbonyl (C=O) groups excluding carboxylic acids is 1. The van der Waals surface area contributed by atoms with Crippen LogP contribution in [0.5, 0.6) is 0 Å². The van der Waals surface area contributed by atoms with Crippen molar-refractivity contribution >= 4 is 11.5 Å². The number of Topliss-reactive ketones (excluding diaryl/α,β-unsaturated/α-hetero) is 1. The number of rotatable bonds is 4. The van der Waals surface area contributed by atoms with Gasteiger partial charge in [0.25, 0.3) is 0 Å². The minimum absolute atomic E-state index is 0.0482. The van der Waals surface area contributed by atoms with E-state index in [9.17, 15) is 4.79 Å². The van der Waals surface area contributed by atoms with Gasteiger partial charge in [0.1, 0.15) is 0 Å². The number of benzene rings is 1. The largest absolute Gasteiger partial charge is 0.373 e. The average molecular weight is 216 g/mol. The van der Waals surface area contributed by atoms with E-state index in [1.807, 2.05) is 43.1 Å². The summed E-state index contributed by atoms with van der Waals surface area (Å²) in [5.41, 5.74) is 1.59. The monoisotopic (exact) mass is 216 g/mol. The van der Waals surface area contributed by atoms with Crippen molar-refractivity contribution in [3.8, 4) is 6.07 Å². The second-order valence-corrected chi connectivity index (χ2v) is 3.98. The maximum absolute atomic E-state index is 11.4. The second kappa shape index (κ2) is 5.32. The highest BCUT2D eigenvalue weighted by Crippen LogP contribution is 2.20. The fourth-order valence-electron chi connectivity index (χ4n) is 1.65. The van der Waals surface area contributed by atoms with Crippen LogP contribution in [0.2, 0.25) is 0 Å². The standard InChI is InChI=1S/C13H16N2O/c1-10(8-14)9-15(3)13-7-5-4-6-12(13)11(2)16/h4-7,10H,9H2,1-3H3. The molecular weight excluding hydrogens is 200 g/mol. The summed E-state index contributed by atoms with van der Waals surface area (Å²) in [4.78, 5) is 13.4. The molecule has 0 fully saturated rings. The molecule has 0 saturated carbocycles. The molecule has 0 aromatic heterocycles. The van der Waals surface area contributed by atoms with E-state index in [2.05, 4.69) is 6.07 Å². The Hall–Kier alpha value is -1.82. The smallest absolute Gasteiger partial charge is 0.161 e. The molecular formula is C13H16N2O. The van der Waals surface area contributed by atoms with Crippen molar-refractivity contribution in [2.75, 3.05) is 18.5 Å². The van der Waals surface area contributed by atoms with Crippen LogP contribution in [0.3, 0.4) is 0 Å². The van der Waals surface area contributed by atoms with Gasteiger partial charge in [0, 0.05) is 24.8 Å². The van der Waals surface area contributed by atoms with E-state index in [0.717, 1.165) is 5.69 Å². The highest BCUT2D eigenvalue weighted by molar-refractivity contribution is 5.99. The topological polar surface area (TPSA) is 44.1 Å². The Balaban J connectivity index is 2.95. The zero-order valence-corrected chi connectivity index (χ0v) is 9.90. The first-order valence-electron chi connectivity index (χ1n) is 5.27. The van der Waals surface area contributed by atoms with Crippen LogP contribution in [0.1, 0.15) is 24.2 Å². The molecule has 1 aromatic rings. The van der Waals surface area contributed by atoms with Gasteiger partial charge >= 0.3 is 0 Å². The van der Waals surface area contributed by atoms with Crippen molar-refractivity contribution < 1.29 is 4.79 Å². The summed E-state index contributed by atoms with van der Waals surface area (Å²) >= 11 is 0. The Bertz CT molecular complexity index is 420. The van der Waals surface area contributed by atoms with Crippen LogP contribution in [0.15, 0.2) is 24.3 Å². The van der Waals surface area contributed by atoms with Gasteiger partial charge in [-0.05, 0) is 26.0 Å². The van der Waals surface area contributed by atoms with Crippen molar-refractivity contribution in [1.82, 2.24) is 0 Å². The van der Waals surface area contributed by atoms with Crippen LogP contribution >= 0.6 is 0 Å². The van der Waals surface area contributed by atoms with Crippen LogP contribution in [0.4, 0.5) is 5.69 Å². The first-order chi connectivity index (χ1) is 7.56. The van der Waals surface area contributed by atoms with Gasteiger partial charge in [-0.2, -0.15) is 5.26 Å². The number of hydrogen-bond acceptors (Lipinski definition) is 3. The highest BCUT2D eigenvalue weighted by atomic mass is 16.1. The van der Waals surface area contributed by atoms with Crippen LogP contribution in [0, 0.1) is 17.2 Å². The summed E-state index contributed by atoms with van der Waals surface area (Å²) in [6, 6.07) is 9.65. The molecule has 0 aliphatic rings. The van der Waals surface area contributed by atoms with Crippen molar-refractivity contribution in [2.45, 2.75) is 13.8 Å². The number of nitrogens with zero attached hydrogens (tertiary/aromatic N) is 2. The number of anilines is 1. The van der Waals surface area contributed by atoms with Crippen LogP contribution in [0.25, 0.3) is 0 Å². The molecule has 0 N–H and O–H groups in total. The molecule has 0 aliphatic heterocycles. The summed E-state index contributed by atoms with van der Waals surface area (Å²) in [5.74, 6) is -0.00271. The Kier molecular flexibility index (Phi) is 4.07. The summed E-state index contributed by atoms with van der Waals surface area (Å²) in [7, 11) is 1.90. The maximum Gasteiger partial charge on any atom is 0.161 e. The van der Waals surface area contributed by atoms with E-state index >= 15 is 0 Å². The number of ketones is 1. The lowest BCUT2D eigenvalue weighted by molar-refractivity contribution is 0.101. The lowest BCUT2D eigenvalue weighted by atomic mass is 10.1. The summed E-state index contributed by atoms with van der Waals surface area (Å²) in [5, 5.41) is 8.77. The van der Waals surface area contributed by atoms with Crippen LogP contribution in [-0.2, 0) is 0 Å². The van der Waals surface area contributed by atoms with Crippen molar-refractivity contribution in [2.24, 2.45) is 5.92 Å². The van der Waals surface area contributed by atoms with Gasteiger partial charge in [0.05, 0.1) is 12.0 Å². The molecule has 3 heteroatoms. The fourth-order valence-corrected chi connectivity index (χ4v) is 1.65. The second-order valence-electron chi connectivity index (χ2n) is 3.98. The molecule has 0 radical (unpaired) electrons. The molecule has 0 heterocycles. The molecule has 16 heavy (non-hydrogen) atoms. The third-order valence-corrected chi connectivity index (χ3v) is 2.46. The van der Waals surface area contributed by atoms with Gasteiger partial charge in [-0.1, -0.05) is 12.1 Å². The number of carbonyl (C=O) groups is 1. The predicted molar refractivity (Wildman–Crippen MR) is 64.5 cm³/mol. The Morgan fingerprint density at radius 1 is 1.50 bits per heavy atom. The molecule has 1 unspecified atom stereocenters. The van der Waals surface area contributed by atoms with Gasteiger partial charge in [0.15, 0.2) is 5.78 Å². The van der Waals surface area contributed by atoms with Crippen molar-refractivity contribution in [1.29, 1.82) is 5.26 Å². The van der Waals surface area contributed by atoms with E-state index in [0.29, 0.717) is 12.1 Å². The lowest BCUT2D eigenvalue weighted by Gasteiger charge is -2.22. The molecule has 1 aromatic carbocycles. The third kappa shape index (κ3) is 2.83. The first kappa shape index (κ1) is 12.3. The lowest BCUT2D eigenvalue weighted by Crippen LogP contribution is -2.24. The van der Waals surface area contributed by atoms with E-state index in [-0.39, 0.29) is 11.7 Å². The zero-order chi connectivity index (χ0) is 12.1. The highest BCUT2D eigenvalue weighted by Gasteiger charge is 2.12. The van der Waals surface area contributed by atoms with Gasteiger partial charge in [-0.25, -0.2) is 0 Å². The normalized spacial score (nSPS) is 11.6. The van der Waals surface area contributed by atoms with Gasteiger partial charge in [0.2, 0.25) is 0 Å². The summed E-state index contributed by atoms with van der Waals surface area (Å²) in [6.45, 7) is 4.05. The van der Waals surface area contributed by atoms with E-state index in [1.54, 1.807) is 6.92 Å². The van der Waals surface area contributed by atoms with Crippen LogP contribution < -0.4 is 4.90 Å². The first-order valence-corrected chi connectivity index (χ1v) is 5.27. The van der Waals surface area contributed by atoms with Crippen molar-refractivity contribution in [3.05, 3.63) is 29.8 Å². The van der Waals surface area contributed by atoms with Crippen LogP contribution in [-0.4, -0.2) is 19.4 Å². The zero-order valence-electron chi connectivity index (χ0n) is 9.90. The van der Waals surface area contributed by atoms with E-state index in [4.69, 9.17) is 5.26 Å². The minimum Gasteiger partial charge on any atom is -0.373 e. The predicted octanol–water partition coefficient (Wildman–Crippen LogP) is 2.49. The molecule has 1 atom stereocenters. The Morgan fingerprint density at radius 2 is 2.12 bits per heavy atom. The van der Waals surface area contributed by atoms with Gasteiger partial charge in [-0.3, -0.25) is 4.79 Å². The molecule has 1 rings (SSSR count). The number of para-hydroxylation sites is 1. The summed E-state index contributed by atoms with van der Waals surface area (Å²) in [6.07, 6.45) is 0. The average Bonchev–Trinajstić information content (AvgIpc) is 2.28. The molecule has 0 aliphatic carbocycles. The minimum atomic E-state index is -0.0509. The Labute approximate surface area is 96.3 Å². The van der Waals surface area contributed by atoms with Gasteiger partial charge < -0.3 is 4.90 Å². The van der Waals surface area contributed by atoms with Crippen molar-refractivity contribution in [3.63, 3.8) is 0 Å². The molecule has 0 amide bonds. The Morgan fingerprint density at radius 3 is 2.69 bits per heavy atom.